The summed E-state index contributed by atoms with van der Waals surface area (Å²) in [5, 5.41) is 2.12. The van der Waals surface area contributed by atoms with E-state index < -0.39 is 0 Å². The van der Waals surface area contributed by atoms with Crippen molar-refractivity contribution in [3.63, 3.8) is 0 Å². The summed E-state index contributed by atoms with van der Waals surface area (Å²) < 4.78 is 2.28. The number of allylic oxidation sites excluding steroid dienone is 1. The molecule has 0 bridgehead atoms. The molecule has 0 aromatic carbocycles. The third-order valence-corrected chi connectivity index (χ3v) is 5.07. The van der Waals surface area contributed by atoms with Crippen LogP contribution in [0.25, 0.3) is 0 Å². The van der Waals surface area contributed by atoms with Crippen LogP contribution in [0.1, 0.15) is 50.5 Å². The van der Waals surface area contributed by atoms with E-state index in [-0.39, 0.29) is 0 Å². The summed E-state index contributed by atoms with van der Waals surface area (Å²) in [5.41, 5.74) is 4.44. The molecule has 1 fully saturated rings. The van der Waals surface area contributed by atoms with E-state index in [0.717, 1.165) is 31.7 Å². The Kier molecular flexibility index (Phi) is 5.62. The van der Waals surface area contributed by atoms with Gasteiger partial charge in [-0.1, -0.05) is 11.6 Å². The van der Waals surface area contributed by atoms with Crippen molar-refractivity contribution in [3.05, 3.63) is 46.5 Å². The van der Waals surface area contributed by atoms with Crippen molar-refractivity contribution in [2.24, 2.45) is 0 Å². The highest BCUT2D eigenvalue weighted by molar-refractivity contribution is 7.07. The average Bonchev–Trinajstić information content (AvgIpc) is 3.19. The molecule has 1 aliphatic rings. The summed E-state index contributed by atoms with van der Waals surface area (Å²) >= 11 is 1.66. The van der Waals surface area contributed by atoms with Gasteiger partial charge in [-0.05, 0) is 39.7 Å². The van der Waals surface area contributed by atoms with E-state index in [2.05, 4.69) is 50.9 Å². The molecule has 4 nitrogen and oxygen atoms in total. The van der Waals surface area contributed by atoms with Crippen LogP contribution in [0.4, 0.5) is 0 Å². The lowest BCUT2D eigenvalue weighted by Gasteiger charge is -2.32. The first kappa shape index (κ1) is 16.4. The van der Waals surface area contributed by atoms with E-state index in [4.69, 9.17) is 0 Å². The second-order valence-corrected chi connectivity index (χ2v) is 7.32. The average molecular weight is 331 g/mol. The van der Waals surface area contributed by atoms with Crippen LogP contribution in [0.15, 0.2) is 34.9 Å². The largest absolute Gasteiger partial charge is 0.329 e. The molecule has 2 aromatic heterocycles. The van der Waals surface area contributed by atoms with Gasteiger partial charge in [0.1, 0.15) is 5.82 Å². The molecule has 23 heavy (non-hydrogen) atoms. The highest BCUT2D eigenvalue weighted by Crippen LogP contribution is 2.26. The van der Waals surface area contributed by atoms with Gasteiger partial charge >= 0.3 is 0 Å². The maximum absolute atomic E-state index is 4.66. The zero-order valence-corrected chi connectivity index (χ0v) is 14.9. The van der Waals surface area contributed by atoms with E-state index in [1.807, 2.05) is 11.7 Å². The number of hydrogen-bond acceptors (Lipinski definition) is 4. The minimum atomic E-state index is 0.545. The van der Waals surface area contributed by atoms with Crippen LogP contribution in [0.3, 0.4) is 0 Å². The Bertz CT molecular complexity index is 625. The van der Waals surface area contributed by atoms with Gasteiger partial charge in [0.2, 0.25) is 0 Å². The number of hydrogen-bond donors (Lipinski definition) is 0. The van der Waals surface area contributed by atoms with Gasteiger partial charge in [0.05, 0.1) is 17.7 Å². The van der Waals surface area contributed by atoms with Crippen LogP contribution in [0, 0.1) is 0 Å². The molecule has 3 heterocycles. The first-order valence-electron chi connectivity index (χ1n) is 8.46. The SMILES string of the molecule is CC(C)=CCCN1CCCC(c2nccn2Cc2cscn2)C1. The quantitative estimate of drug-likeness (QED) is 0.753. The minimum absolute atomic E-state index is 0.545. The van der Waals surface area contributed by atoms with Crippen molar-refractivity contribution in [3.8, 4) is 0 Å². The Morgan fingerprint density at radius 1 is 1.39 bits per heavy atom. The van der Waals surface area contributed by atoms with Crippen LogP contribution < -0.4 is 0 Å². The number of likely N-dealkylation sites (tertiary alicyclic amines) is 1. The molecular weight excluding hydrogens is 304 g/mol. The molecule has 0 N–H and O–H groups in total. The lowest BCUT2D eigenvalue weighted by atomic mass is 9.97. The number of imidazole rings is 1. The maximum atomic E-state index is 4.66. The summed E-state index contributed by atoms with van der Waals surface area (Å²) in [6, 6.07) is 0. The Balaban J connectivity index is 1.62. The summed E-state index contributed by atoms with van der Waals surface area (Å²) in [4.78, 5) is 11.7. The topological polar surface area (TPSA) is 34.0 Å². The van der Waals surface area contributed by atoms with Crippen LogP contribution in [0.5, 0.6) is 0 Å². The predicted molar refractivity (Wildman–Crippen MR) is 95.9 cm³/mol. The van der Waals surface area contributed by atoms with Gasteiger partial charge in [-0.15, -0.1) is 11.3 Å². The van der Waals surface area contributed by atoms with Gasteiger partial charge in [0.15, 0.2) is 0 Å². The Morgan fingerprint density at radius 3 is 3.09 bits per heavy atom. The molecular formula is C18H26N4S. The smallest absolute Gasteiger partial charge is 0.113 e. The van der Waals surface area contributed by atoms with E-state index in [9.17, 15) is 0 Å². The fourth-order valence-corrected chi connectivity index (χ4v) is 3.86. The first-order valence-corrected chi connectivity index (χ1v) is 9.40. The number of thiazole rings is 1. The molecule has 1 unspecified atom stereocenters. The van der Waals surface area contributed by atoms with Crippen molar-refractivity contribution in [2.75, 3.05) is 19.6 Å². The molecule has 0 amide bonds. The molecule has 0 saturated carbocycles. The monoisotopic (exact) mass is 330 g/mol. The van der Waals surface area contributed by atoms with Crippen LogP contribution >= 0.6 is 11.3 Å². The van der Waals surface area contributed by atoms with Gasteiger partial charge in [-0.3, -0.25) is 0 Å². The molecule has 3 rings (SSSR count). The van der Waals surface area contributed by atoms with Crippen molar-refractivity contribution in [2.45, 2.75) is 45.6 Å². The Morgan fingerprint density at radius 2 is 2.30 bits per heavy atom. The third-order valence-electron chi connectivity index (χ3n) is 4.43. The van der Waals surface area contributed by atoms with Crippen molar-refractivity contribution in [1.82, 2.24) is 19.4 Å². The van der Waals surface area contributed by atoms with Crippen molar-refractivity contribution >= 4 is 11.3 Å². The van der Waals surface area contributed by atoms with E-state index in [1.165, 1.54) is 30.8 Å². The van der Waals surface area contributed by atoms with E-state index >= 15 is 0 Å². The Labute approximate surface area is 142 Å². The summed E-state index contributed by atoms with van der Waals surface area (Å²) in [6.45, 7) is 8.70. The van der Waals surface area contributed by atoms with Gasteiger partial charge in [-0.25, -0.2) is 9.97 Å². The molecule has 1 saturated heterocycles. The first-order chi connectivity index (χ1) is 11.2. The Hall–Kier alpha value is -1.46. The maximum Gasteiger partial charge on any atom is 0.113 e. The summed E-state index contributed by atoms with van der Waals surface area (Å²) in [7, 11) is 0. The molecule has 0 spiro atoms. The fourth-order valence-electron chi connectivity index (χ4n) is 3.31. The number of piperidine rings is 1. The molecule has 2 aromatic rings. The normalized spacial score (nSPS) is 19.0. The van der Waals surface area contributed by atoms with Gasteiger partial charge < -0.3 is 9.47 Å². The third kappa shape index (κ3) is 4.52. The molecule has 0 aliphatic carbocycles. The zero-order chi connectivity index (χ0) is 16.1. The molecule has 124 valence electrons. The van der Waals surface area contributed by atoms with E-state index in [0.29, 0.717) is 5.92 Å². The number of nitrogens with zero attached hydrogens (tertiary/aromatic N) is 4. The van der Waals surface area contributed by atoms with Crippen LogP contribution in [-0.2, 0) is 6.54 Å². The number of aromatic nitrogens is 3. The molecule has 1 atom stereocenters. The van der Waals surface area contributed by atoms with Gasteiger partial charge in [-0.2, -0.15) is 0 Å². The number of rotatable bonds is 6. The van der Waals surface area contributed by atoms with Gasteiger partial charge in [0, 0.05) is 36.8 Å². The van der Waals surface area contributed by atoms with Crippen LogP contribution in [-0.4, -0.2) is 39.1 Å². The van der Waals surface area contributed by atoms with Gasteiger partial charge in [0.25, 0.3) is 0 Å². The second-order valence-electron chi connectivity index (χ2n) is 6.60. The lowest BCUT2D eigenvalue weighted by Crippen LogP contribution is -2.36. The van der Waals surface area contributed by atoms with Crippen molar-refractivity contribution in [1.29, 1.82) is 0 Å². The second kappa shape index (κ2) is 7.88. The van der Waals surface area contributed by atoms with E-state index in [1.54, 1.807) is 11.3 Å². The predicted octanol–water partition coefficient (Wildman–Crippen LogP) is 3.92. The van der Waals surface area contributed by atoms with Crippen molar-refractivity contribution < 1.29 is 0 Å². The summed E-state index contributed by atoms with van der Waals surface area (Å²) in [5.74, 6) is 1.77. The fraction of sp³-hybridized carbons (Fsp3) is 0.556. The standard InChI is InChI=1S/C18H26N4S/c1-15(2)5-3-8-21-9-4-6-16(11-21)18-19-7-10-22(18)12-17-13-23-14-20-17/h5,7,10,13-14,16H,3-4,6,8-9,11-12H2,1-2H3. The van der Waals surface area contributed by atoms with Crippen LogP contribution in [0.2, 0.25) is 0 Å². The zero-order valence-electron chi connectivity index (χ0n) is 14.1. The molecule has 1 aliphatic heterocycles. The molecule has 0 radical (unpaired) electrons. The minimum Gasteiger partial charge on any atom is -0.329 e. The highest BCUT2D eigenvalue weighted by atomic mass is 32.1. The molecule has 5 heteroatoms. The lowest BCUT2D eigenvalue weighted by molar-refractivity contribution is 0.205. The highest BCUT2D eigenvalue weighted by Gasteiger charge is 2.24. The summed E-state index contributed by atoms with van der Waals surface area (Å²) in [6.07, 6.45) is 10.0.